The molecule has 0 saturated carbocycles. The molecule has 2 rings (SSSR count). The van der Waals surface area contributed by atoms with E-state index in [4.69, 9.17) is 0 Å². The van der Waals surface area contributed by atoms with Crippen molar-refractivity contribution in [2.24, 2.45) is 4.99 Å². The van der Waals surface area contributed by atoms with Gasteiger partial charge in [0.05, 0.1) is 11.5 Å². The number of nitrogens with one attached hydrogen (secondary N) is 2. The van der Waals surface area contributed by atoms with Crippen LogP contribution in [0.1, 0.15) is 5.56 Å². The fourth-order valence-corrected chi connectivity index (χ4v) is 1.50. The summed E-state index contributed by atoms with van der Waals surface area (Å²) in [6, 6.07) is 5.03. The van der Waals surface area contributed by atoms with Crippen LogP contribution in [0.4, 0.5) is 11.4 Å². The summed E-state index contributed by atoms with van der Waals surface area (Å²) in [6.45, 7) is 3.25. The van der Waals surface area contributed by atoms with Crippen LogP contribution < -0.4 is 10.6 Å². The third-order valence-corrected chi connectivity index (χ3v) is 2.34. The molecule has 0 saturated heterocycles. The molecule has 0 atom stereocenters. The molecule has 0 bridgehead atoms. The molecule has 0 radical (unpaired) electrons. The smallest absolute Gasteiger partial charge is 0.274 e. The van der Waals surface area contributed by atoms with Crippen molar-refractivity contribution in [3.8, 4) is 0 Å². The number of guanidine groups is 1. The number of hydrogen-bond acceptors (Lipinski definition) is 5. The van der Waals surface area contributed by atoms with Gasteiger partial charge < -0.3 is 10.6 Å². The van der Waals surface area contributed by atoms with Crippen LogP contribution in [-0.2, 0) is 0 Å². The molecule has 0 unspecified atom stereocenters. The number of rotatable bonds is 2. The topological polar surface area (TPSA) is 79.6 Å². The molecule has 1 aromatic rings. The predicted octanol–water partition coefficient (Wildman–Crippen LogP) is 1.27. The van der Waals surface area contributed by atoms with Crippen LogP contribution in [0.15, 0.2) is 23.2 Å². The minimum absolute atomic E-state index is 0.114. The highest BCUT2D eigenvalue weighted by atomic mass is 16.6. The van der Waals surface area contributed by atoms with Gasteiger partial charge in [-0.1, -0.05) is 6.07 Å². The maximum atomic E-state index is 10.7. The first-order chi connectivity index (χ1) is 7.66. The van der Waals surface area contributed by atoms with Crippen LogP contribution in [0.3, 0.4) is 0 Å². The lowest BCUT2D eigenvalue weighted by Gasteiger charge is -2.06. The highest BCUT2D eigenvalue weighted by molar-refractivity contribution is 5.94. The van der Waals surface area contributed by atoms with Crippen LogP contribution in [0, 0.1) is 17.0 Å². The zero-order valence-electron chi connectivity index (χ0n) is 8.86. The predicted molar refractivity (Wildman–Crippen MR) is 61.8 cm³/mol. The molecule has 1 aliphatic heterocycles. The van der Waals surface area contributed by atoms with E-state index in [2.05, 4.69) is 15.6 Å². The Morgan fingerprint density at radius 3 is 3.00 bits per heavy atom. The summed E-state index contributed by atoms with van der Waals surface area (Å²) in [6.07, 6.45) is 0. The number of benzene rings is 1. The molecule has 84 valence electrons. The van der Waals surface area contributed by atoms with E-state index >= 15 is 0 Å². The van der Waals surface area contributed by atoms with Gasteiger partial charge in [0.1, 0.15) is 0 Å². The molecule has 0 spiro atoms. The van der Waals surface area contributed by atoms with Gasteiger partial charge in [0.25, 0.3) is 5.69 Å². The Balaban J connectivity index is 2.22. The third-order valence-electron chi connectivity index (χ3n) is 2.34. The average Bonchev–Trinajstić information content (AvgIpc) is 2.73. The normalized spacial score (nSPS) is 14.2. The van der Waals surface area contributed by atoms with Crippen LogP contribution in [0.25, 0.3) is 0 Å². The Morgan fingerprint density at radius 1 is 1.56 bits per heavy atom. The molecule has 1 heterocycles. The van der Waals surface area contributed by atoms with Crippen LogP contribution in [0.2, 0.25) is 0 Å². The number of nitrogens with zero attached hydrogens (tertiary/aromatic N) is 2. The first-order valence-electron chi connectivity index (χ1n) is 4.97. The van der Waals surface area contributed by atoms with Gasteiger partial charge in [0.15, 0.2) is 5.96 Å². The second kappa shape index (κ2) is 4.18. The Labute approximate surface area is 92.5 Å². The van der Waals surface area contributed by atoms with Gasteiger partial charge in [0.2, 0.25) is 0 Å². The van der Waals surface area contributed by atoms with Crippen molar-refractivity contribution in [2.75, 3.05) is 18.4 Å². The molecule has 6 nitrogen and oxygen atoms in total. The Morgan fingerprint density at radius 2 is 2.38 bits per heavy atom. The summed E-state index contributed by atoms with van der Waals surface area (Å²) < 4.78 is 0. The number of nitro benzene ring substituents is 1. The lowest BCUT2D eigenvalue weighted by atomic mass is 10.2. The van der Waals surface area contributed by atoms with Gasteiger partial charge in [-0.15, -0.1) is 0 Å². The summed E-state index contributed by atoms with van der Waals surface area (Å²) in [7, 11) is 0. The average molecular weight is 220 g/mol. The molecule has 6 heteroatoms. The van der Waals surface area contributed by atoms with E-state index in [-0.39, 0.29) is 10.6 Å². The van der Waals surface area contributed by atoms with Gasteiger partial charge >= 0.3 is 0 Å². The van der Waals surface area contributed by atoms with E-state index in [1.165, 1.54) is 6.07 Å². The summed E-state index contributed by atoms with van der Waals surface area (Å²) in [5.41, 5.74) is 1.44. The van der Waals surface area contributed by atoms with Crippen molar-refractivity contribution >= 4 is 17.3 Å². The van der Waals surface area contributed by atoms with E-state index in [1.54, 1.807) is 19.1 Å². The fourth-order valence-electron chi connectivity index (χ4n) is 1.50. The number of aryl methyl sites for hydroxylation is 1. The van der Waals surface area contributed by atoms with Crippen molar-refractivity contribution in [1.29, 1.82) is 0 Å². The molecule has 0 amide bonds. The van der Waals surface area contributed by atoms with Gasteiger partial charge in [-0.3, -0.25) is 15.1 Å². The van der Waals surface area contributed by atoms with E-state index in [0.717, 1.165) is 13.1 Å². The van der Waals surface area contributed by atoms with E-state index < -0.39 is 0 Å². The Bertz CT molecular complexity index is 456. The molecule has 0 aromatic heterocycles. The summed E-state index contributed by atoms with van der Waals surface area (Å²) >= 11 is 0. The number of nitro groups is 1. The van der Waals surface area contributed by atoms with Gasteiger partial charge in [0, 0.05) is 23.9 Å². The lowest BCUT2D eigenvalue weighted by molar-refractivity contribution is -0.385. The van der Waals surface area contributed by atoms with Gasteiger partial charge in [-0.2, -0.15) is 0 Å². The molecular weight excluding hydrogens is 208 g/mol. The fraction of sp³-hybridized carbons (Fsp3) is 0.300. The quantitative estimate of drug-likeness (QED) is 0.581. The molecular formula is C10H12N4O2. The van der Waals surface area contributed by atoms with Crippen LogP contribution in [0.5, 0.6) is 0 Å². The van der Waals surface area contributed by atoms with Crippen molar-refractivity contribution in [3.63, 3.8) is 0 Å². The molecule has 0 aliphatic carbocycles. The van der Waals surface area contributed by atoms with Crippen molar-refractivity contribution in [3.05, 3.63) is 33.9 Å². The largest absolute Gasteiger partial charge is 0.354 e. The highest BCUT2D eigenvalue weighted by Crippen LogP contribution is 2.22. The summed E-state index contributed by atoms with van der Waals surface area (Å²) in [4.78, 5) is 14.5. The zero-order chi connectivity index (χ0) is 11.5. The van der Waals surface area contributed by atoms with E-state index in [0.29, 0.717) is 17.2 Å². The van der Waals surface area contributed by atoms with Crippen molar-refractivity contribution in [1.82, 2.24) is 5.32 Å². The van der Waals surface area contributed by atoms with E-state index in [9.17, 15) is 10.1 Å². The van der Waals surface area contributed by atoms with E-state index in [1.807, 2.05) is 0 Å². The van der Waals surface area contributed by atoms with Crippen molar-refractivity contribution in [2.45, 2.75) is 6.92 Å². The van der Waals surface area contributed by atoms with Gasteiger partial charge in [-0.05, 0) is 13.0 Å². The van der Waals surface area contributed by atoms with Crippen LogP contribution in [-0.4, -0.2) is 24.0 Å². The lowest BCUT2D eigenvalue weighted by Crippen LogP contribution is -2.26. The molecule has 16 heavy (non-hydrogen) atoms. The first-order valence-corrected chi connectivity index (χ1v) is 4.97. The minimum atomic E-state index is -0.385. The Hall–Kier alpha value is -2.11. The second-order valence-corrected chi connectivity index (χ2v) is 3.54. The minimum Gasteiger partial charge on any atom is -0.354 e. The molecule has 1 aliphatic rings. The van der Waals surface area contributed by atoms with Gasteiger partial charge in [-0.25, -0.2) is 0 Å². The number of anilines is 1. The molecule has 0 fully saturated rings. The zero-order valence-corrected chi connectivity index (χ0v) is 8.86. The summed E-state index contributed by atoms with van der Waals surface area (Å²) in [5.74, 6) is 0.665. The van der Waals surface area contributed by atoms with Crippen molar-refractivity contribution < 1.29 is 4.92 Å². The summed E-state index contributed by atoms with van der Waals surface area (Å²) in [5, 5.41) is 16.8. The highest BCUT2D eigenvalue weighted by Gasteiger charge is 2.12. The number of aliphatic imine (C=N–C) groups is 1. The standard InChI is InChI=1S/C10H12N4O2/c1-7-2-3-8(6-9(7)14(15)16)13-10-11-4-5-12-10/h2-3,6H,4-5H2,1H3,(H2,11,12,13). The third kappa shape index (κ3) is 2.10. The molecule has 1 aromatic carbocycles. The Kier molecular flexibility index (Phi) is 2.72. The maximum absolute atomic E-state index is 10.7. The first kappa shape index (κ1) is 10.4. The second-order valence-electron chi connectivity index (χ2n) is 3.54. The number of hydrogen-bond donors (Lipinski definition) is 2. The van der Waals surface area contributed by atoms with Crippen LogP contribution >= 0.6 is 0 Å². The monoisotopic (exact) mass is 220 g/mol. The molecule has 2 N–H and O–H groups in total. The SMILES string of the molecule is Cc1ccc(NC2=NCCN2)cc1[N+](=O)[O-]. The maximum Gasteiger partial charge on any atom is 0.274 e.